The average Bonchev–Trinajstić information content (AvgIpc) is 3.33. The SMILES string of the molecule is Nc1ccc(C(=O)N(Cc2cccnc2)C2CC2)cc1Cl. The van der Waals surface area contributed by atoms with Gasteiger partial charge < -0.3 is 10.6 Å². The molecule has 1 fully saturated rings. The molecule has 108 valence electrons. The second kappa shape index (κ2) is 5.74. The molecule has 3 rings (SSSR count). The molecule has 2 aromatic rings. The minimum atomic E-state index is -0.0109. The first-order valence-corrected chi connectivity index (χ1v) is 7.28. The molecule has 1 saturated carbocycles. The third kappa shape index (κ3) is 3.16. The molecule has 4 nitrogen and oxygen atoms in total. The zero-order valence-electron chi connectivity index (χ0n) is 11.5. The van der Waals surface area contributed by atoms with Gasteiger partial charge in [-0.1, -0.05) is 17.7 Å². The van der Waals surface area contributed by atoms with Crippen molar-refractivity contribution in [3.63, 3.8) is 0 Å². The van der Waals surface area contributed by atoms with Gasteiger partial charge >= 0.3 is 0 Å². The quantitative estimate of drug-likeness (QED) is 0.883. The number of hydrogen-bond donors (Lipinski definition) is 1. The molecule has 1 amide bonds. The summed E-state index contributed by atoms with van der Waals surface area (Å²) < 4.78 is 0. The number of nitrogen functional groups attached to an aromatic ring is 1. The Labute approximate surface area is 128 Å². The minimum Gasteiger partial charge on any atom is -0.398 e. The zero-order chi connectivity index (χ0) is 14.8. The van der Waals surface area contributed by atoms with Crippen LogP contribution >= 0.6 is 11.6 Å². The van der Waals surface area contributed by atoms with Crippen LogP contribution in [0.3, 0.4) is 0 Å². The number of nitrogens with zero attached hydrogens (tertiary/aromatic N) is 2. The molecule has 5 heteroatoms. The molecule has 1 aliphatic carbocycles. The van der Waals surface area contributed by atoms with Crippen molar-refractivity contribution in [3.8, 4) is 0 Å². The molecule has 1 aliphatic rings. The Kier molecular flexibility index (Phi) is 3.80. The maximum atomic E-state index is 12.7. The highest BCUT2D eigenvalue weighted by Gasteiger charge is 2.33. The molecule has 0 bridgehead atoms. The maximum absolute atomic E-state index is 12.7. The largest absolute Gasteiger partial charge is 0.398 e. The van der Waals surface area contributed by atoms with Crippen LogP contribution in [0, 0.1) is 0 Å². The Morgan fingerprint density at radius 1 is 1.38 bits per heavy atom. The van der Waals surface area contributed by atoms with Crippen LogP contribution in [-0.4, -0.2) is 21.8 Å². The summed E-state index contributed by atoms with van der Waals surface area (Å²) in [5.41, 5.74) is 7.78. The van der Waals surface area contributed by atoms with Crippen molar-refractivity contribution < 1.29 is 4.79 Å². The summed E-state index contributed by atoms with van der Waals surface area (Å²) >= 11 is 6.01. The first-order chi connectivity index (χ1) is 10.1. The van der Waals surface area contributed by atoms with Crippen molar-refractivity contribution in [3.05, 3.63) is 58.9 Å². The van der Waals surface area contributed by atoms with Gasteiger partial charge in [0.25, 0.3) is 5.91 Å². The molecular formula is C16H16ClN3O. The van der Waals surface area contributed by atoms with Crippen LogP contribution in [0.1, 0.15) is 28.8 Å². The molecule has 1 heterocycles. The molecule has 1 aromatic heterocycles. The predicted octanol–water partition coefficient (Wildman–Crippen LogP) is 3.12. The number of hydrogen-bond acceptors (Lipinski definition) is 3. The fourth-order valence-corrected chi connectivity index (χ4v) is 2.45. The zero-order valence-corrected chi connectivity index (χ0v) is 12.3. The van der Waals surface area contributed by atoms with E-state index in [0.29, 0.717) is 28.9 Å². The summed E-state index contributed by atoms with van der Waals surface area (Å²) in [5.74, 6) is -0.0109. The molecule has 0 unspecified atom stereocenters. The molecule has 1 aromatic carbocycles. The molecular weight excluding hydrogens is 286 g/mol. The molecule has 21 heavy (non-hydrogen) atoms. The Hall–Kier alpha value is -2.07. The average molecular weight is 302 g/mol. The van der Waals surface area contributed by atoms with E-state index in [9.17, 15) is 4.79 Å². The van der Waals surface area contributed by atoms with Crippen molar-refractivity contribution in [2.45, 2.75) is 25.4 Å². The molecule has 0 radical (unpaired) electrons. The number of carbonyl (C=O) groups excluding carboxylic acids is 1. The van der Waals surface area contributed by atoms with Gasteiger partial charge in [0, 0.05) is 30.5 Å². The maximum Gasteiger partial charge on any atom is 0.254 e. The topological polar surface area (TPSA) is 59.2 Å². The van der Waals surface area contributed by atoms with Crippen LogP contribution in [0.5, 0.6) is 0 Å². The van der Waals surface area contributed by atoms with E-state index in [1.54, 1.807) is 30.6 Å². The van der Waals surface area contributed by atoms with Crippen molar-refractivity contribution in [2.75, 3.05) is 5.73 Å². The van der Waals surface area contributed by atoms with Crippen molar-refractivity contribution in [1.82, 2.24) is 9.88 Å². The van der Waals surface area contributed by atoms with Crippen LogP contribution in [0.15, 0.2) is 42.7 Å². The van der Waals surface area contributed by atoms with E-state index in [0.717, 1.165) is 18.4 Å². The number of carbonyl (C=O) groups is 1. The second-order valence-corrected chi connectivity index (χ2v) is 5.67. The fourth-order valence-electron chi connectivity index (χ4n) is 2.27. The van der Waals surface area contributed by atoms with Crippen LogP contribution in [0.2, 0.25) is 5.02 Å². The standard InChI is InChI=1S/C16H16ClN3O/c17-14-8-12(3-6-15(14)18)16(21)20(13-4-5-13)10-11-2-1-7-19-9-11/h1-3,6-9,13H,4-5,10,18H2. The molecule has 0 spiro atoms. The summed E-state index contributed by atoms with van der Waals surface area (Å²) in [6.45, 7) is 0.569. The summed E-state index contributed by atoms with van der Waals surface area (Å²) in [5, 5.41) is 0.415. The van der Waals surface area contributed by atoms with E-state index in [1.165, 1.54) is 0 Å². The fraction of sp³-hybridized carbons (Fsp3) is 0.250. The Balaban J connectivity index is 1.83. The third-order valence-corrected chi connectivity index (χ3v) is 3.90. The number of rotatable bonds is 4. The first kappa shape index (κ1) is 13.9. The Bertz CT molecular complexity index is 656. The number of nitrogens with two attached hydrogens (primary N) is 1. The van der Waals surface area contributed by atoms with E-state index in [-0.39, 0.29) is 5.91 Å². The van der Waals surface area contributed by atoms with Gasteiger partial charge in [0.05, 0.1) is 10.7 Å². The number of aromatic nitrogens is 1. The highest BCUT2D eigenvalue weighted by Crippen LogP contribution is 2.30. The lowest BCUT2D eigenvalue weighted by Crippen LogP contribution is -2.32. The number of halogens is 1. The van der Waals surface area contributed by atoms with Crippen LogP contribution in [0.4, 0.5) is 5.69 Å². The first-order valence-electron chi connectivity index (χ1n) is 6.90. The number of amides is 1. The third-order valence-electron chi connectivity index (χ3n) is 3.57. The van der Waals surface area contributed by atoms with Gasteiger partial charge in [-0.15, -0.1) is 0 Å². The summed E-state index contributed by atoms with van der Waals surface area (Å²) in [6.07, 6.45) is 5.62. The van der Waals surface area contributed by atoms with E-state index in [4.69, 9.17) is 17.3 Å². The number of benzene rings is 1. The Morgan fingerprint density at radius 2 is 2.19 bits per heavy atom. The molecule has 2 N–H and O–H groups in total. The van der Waals surface area contributed by atoms with Crippen molar-refractivity contribution >= 4 is 23.2 Å². The van der Waals surface area contributed by atoms with Gasteiger partial charge in [-0.05, 0) is 42.7 Å². The summed E-state index contributed by atoms with van der Waals surface area (Å²) in [4.78, 5) is 18.7. The second-order valence-electron chi connectivity index (χ2n) is 5.26. The van der Waals surface area contributed by atoms with Gasteiger partial charge in [0.15, 0.2) is 0 Å². The van der Waals surface area contributed by atoms with E-state index < -0.39 is 0 Å². The lowest BCUT2D eigenvalue weighted by atomic mass is 10.1. The van der Waals surface area contributed by atoms with Gasteiger partial charge in [-0.3, -0.25) is 9.78 Å². The van der Waals surface area contributed by atoms with Crippen LogP contribution in [-0.2, 0) is 6.54 Å². The Morgan fingerprint density at radius 3 is 2.81 bits per heavy atom. The smallest absolute Gasteiger partial charge is 0.254 e. The highest BCUT2D eigenvalue weighted by molar-refractivity contribution is 6.33. The highest BCUT2D eigenvalue weighted by atomic mass is 35.5. The van der Waals surface area contributed by atoms with E-state index in [1.807, 2.05) is 17.0 Å². The molecule has 0 atom stereocenters. The van der Waals surface area contributed by atoms with Crippen molar-refractivity contribution in [1.29, 1.82) is 0 Å². The van der Waals surface area contributed by atoms with Gasteiger partial charge in [-0.25, -0.2) is 0 Å². The summed E-state index contributed by atoms with van der Waals surface area (Å²) in [6, 6.07) is 9.20. The lowest BCUT2D eigenvalue weighted by molar-refractivity contribution is 0.0730. The van der Waals surface area contributed by atoms with E-state index >= 15 is 0 Å². The van der Waals surface area contributed by atoms with Crippen molar-refractivity contribution in [2.24, 2.45) is 0 Å². The summed E-state index contributed by atoms with van der Waals surface area (Å²) in [7, 11) is 0. The monoisotopic (exact) mass is 301 g/mol. The van der Waals surface area contributed by atoms with Crippen LogP contribution in [0.25, 0.3) is 0 Å². The minimum absolute atomic E-state index is 0.0109. The molecule has 0 aliphatic heterocycles. The van der Waals surface area contributed by atoms with E-state index in [2.05, 4.69) is 4.98 Å². The lowest BCUT2D eigenvalue weighted by Gasteiger charge is -2.22. The predicted molar refractivity (Wildman–Crippen MR) is 83.0 cm³/mol. The van der Waals surface area contributed by atoms with Gasteiger partial charge in [-0.2, -0.15) is 0 Å². The normalized spacial score (nSPS) is 14.0. The van der Waals surface area contributed by atoms with Gasteiger partial charge in [0.1, 0.15) is 0 Å². The van der Waals surface area contributed by atoms with Crippen LogP contribution < -0.4 is 5.73 Å². The van der Waals surface area contributed by atoms with Gasteiger partial charge in [0.2, 0.25) is 0 Å². The number of anilines is 1. The molecule has 0 saturated heterocycles. The number of pyridine rings is 1.